The summed E-state index contributed by atoms with van der Waals surface area (Å²) in [7, 11) is 3.85. The summed E-state index contributed by atoms with van der Waals surface area (Å²) in [6.45, 7) is 2.73. The monoisotopic (exact) mass is 367 g/mol. The van der Waals surface area contributed by atoms with Crippen molar-refractivity contribution in [2.45, 2.75) is 37.6 Å². The van der Waals surface area contributed by atoms with Crippen LogP contribution in [0.2, 0.25) is 5.02 Å². The maximum Gasteiger partial charge on any atom is 0.193 e. The van der Waals surface area contributed by atoms with Crippen molar-refractivity contribution >= 4 is 17.6 Å². The highest BCUT2D eigenvalue weighted by molar-refractivity contribution is 6.31. The van der Waals surface area contributed by atoms with E-state index in [-0.39, 0.29) is 17.8 Å². The summed E-state index contributed by atoms with van der Waals surface area (Å²) in [5.41, 5.74) is 0.627. The number of nitrogens with one attached hydrogen (secondary N) is 1. The molecular weight excluding hydrogens is 341 g/mol. The van der Waals surface area contributed by atoms with Crippen LogP contribution in [0.1, 0.15) is 37.2 Å². The van der Waals surface area contributed by atoms with Crippen LogP contribution in [-0.4, -0.2) is 50.8 Å². The van der Waals surface area contributed by atoms with Crippen LogP contribution in [0.25, 0.3) is 0 Å². The minimum atomic E-state index is -0.218. The lowest BCUT2D eigenvalue weighted by Gasteiger charge is -2.27. The molecule has 1 aliphatic carbocycles. The van der Waals surface area contributed by atoms with Crippen LogP contribution >= 0.6 is 11.6 Å². The van der Waals surface area contributed by atoms with Gasteiger partial charge in [-0.05, 0) is 43.7 Å². The maximum absolute atomic E-state index is 14.1. The Kier molecular flexibility index (Phi) is 6.18. The Hall–Kier alpha value is -1.33. The van der Waals surface area contributed by atoms with Crippen molar-refractivity contribution in [3.8, 4) is 0 Å². The zero-order valence-corrected chi connectivity index (χ0v) is 15.7. The van der Waals surface area contributed by atoms with Gasteiger partial charge in [-0.2, -0.15) is 0 Å². The highest BCUT2D eigenvalue weighted by Crippen LogP contribution is 2.44. The van der Waals surface area contributed by atoms with Crippen molar-refractivity contribution in [2.24, 2.45) is 10.9 Å². The molecule has 2 aliphatic rings. The van der Waals surface area contributed by atoms with Gasteiger partial charge in [0.2, 0.25) is 0 Å². The molecule has 4 nitrogen and oxygen atoms in total. The number of hydrogen-bond donors (Lipinski definition) is 1. The van der Waals surface area contributed by atoms with Crippen molar-refractivity contribution in [3.63, 3.8) is 0 Å². The highest BCUT2D eigenvalue weighted by Gasteiger charge is 2.42. The first-order chi connectivity index (χ1) is 12.1. The molecule has 1 N–H and O–H groups in total. The normalized spacial score (nSPS) is 24.2. The molecule has 2 unspecified atom stereocenters. The van der Waals surface area contributed by atoms with E-state index >= 15 is 0 Å². The molecule has 1 saturated heterocycles. The number of benzene rings is 1. The molecule has 1 saturated carbocycles. The summed E-state index contributed by atoms with van der Waals surface area (Å²) in [4.78, 5) is 6.55. The molecule has 0 spiro atoms. The fourth-order valence-electron chi connectivity index (χ4n) is 3.57. The number of halogens is 2. The summed E-state index contributed by atoms with van der Waals surface area (Å²) in [5, 5.41) is 3.97. The maximum atomic E-state index is 14.1. The van der Waals surface area contributed by atoms with Gasteiger partial charge in [0, 0.05) is 56.4 Å². The predicted molar refractivity (Wildman–Crippen MR) is 99.8 cm³/mol. The van der Waals surface area contributed by atoms with Gasteiger partial charge in [-0.25, -0.2) is 4.39 Å². The lowest BCUT2D eigenvalue weighted by atomic mass is 9.96. The Morgan fingerprint density at radius 1 is 1.40 bits per heavy atom. The van der Waals surface area contributed by atoms with Crippen molar-refractivity contribution in [1.82, 2.24) is 10.2 Å². The molecule has 2 atom stereocenters. The van der Waals surface area contributed by atoms with Gasteiger partial charge in [-0.1, -0.05) is 17.7 Å². The Labute approximate surface area is 154 Å². The van der Waals surface area contributed by atoms with E-state index in [1.54, 1.807) is 19.2 Å². The highest BCUT2D eigenvalue weighted by atomic mass is 35.5. The fraction of sp³-hybridized carbons (Fsp3) is 0.632. The van der Waals surface area contributed by atoms with Crippen molar-refractivity contribution in [2.75, 3.05) is 33.9 Å². The molecule has 1 aliphatic heterocycles. The second-order valence-electron chi connectivity index (χ2n) is 7.04. The largest absolute Gasteiger partial charge is 0.381 e. The number of aliphatic imine (C=N–C) groups is 1. The molecule has 0 bridgehead atoms. The lowest BCUT2D eigenvalue weighted by molar-refractivity contribution is 0.0625. The first-order valence-electron chi connectivity index (χ1n) is 9.06. The third kappa shape index (κ3) is 4.64. The Balaban J connectivity index is 1.51. The van der Waals surface area contributed by atoms with E-state index in [0.29, 0.717) is 10.6 Å². The van der Waals surface area contributed by atoms with Crippen LogP contribution < -0.4 is 5.32 Å². The van der Waals surface area contributed by atoms with E-state index in [4.69, 9.17) is 16.3 Å². The van der Waals surface area contributed by atoms with Crippen LogP contribution in [0, 0.1) is 11.7 Å². The third-order valence-corrected chi connectivity index (χ3v) is 5.59. The van der Waals surface area contributed by atoms with Gasteiger partial charge >= 0.3 is 0 Å². The molecule has 0 aromatic heterocycles. The number of ether oxygens (including phenoxy) is 1. The zero-order valence-electron chi connectivity index (χ0n) is 15.0. The van der Waals surface area contributed by atoms with Gasteiger partial charge in [0.05, 0.1) is 0 Å². The minimum absolute atomic E-state index is 0.120. The van der Waals surface area contributed by atoms with E-state index in [1.165, 1.54) is 6.07 Å². The summed E-state index contributed by atoms with van der Waals surface area (Å²) in [6, 6.07) is 5.07. The summed E-state index contributed by atoms with van der Waals surface area (Å²) in [6.07, 6.45) is 4.33. The quantitative estimate of drug-likeness (QED) is 0.637. The molecular formula is C19H27ClFN3O. The number of rotatable bonds is 5. The van der Waals surface area contributed by atoms with E-state index < -0.39 is 0 Å². The van der Waals surface area contributed by atoms with Crippen LogP contribution in [0.4, 0.5) is 4.39 Å². The van der Waals surface area contributed by atoms with E-state index in [2.05, 4.69) is 22.3 Å². The second kappa shape index (κ2) is 8.37. The smallest absolute Gasteiger partial charge is 0.193 e. The lowest BCUT2D eigenvalue weighted by Crippen LogP contribution is -2.41. The average Bonchev–Trinajstić information content (AvgIpc) is 3.37. The third-order valence-electron chi connectivity index (χ3n) is 5.26. The van der Waals surface area contributed by atoms with Gasteiger partial charge in [-0.15, -0.1) is 0 Å². The van der Waals surface area contributed by atoms with Gasteiger partial charge in [0.15, 0.2) is 5.96 Å². The van der Waals surface area contributed by atoms with Gasteiger partial charge in [0.1, 0.15) is 5.82 Å². The molecule has 2 fully saturated rings. The summed E-state index contributed by atoms with van der Waals surface area (Å²) < 4.78 is 19.5. The first kappa shape index (κ1) is 18.5. The zero-order chi connectivity index (χ0) is 17.8. The van der Waals surface area contributed by atoms with Crippen molar-refractivity contribution in [1.29, 1.82) is 0 Å². The molecule has 1 aromatic carbocycles. The van der Waals surface area contributed by atoms with Crippen LogP contribution in [0.15, 0.2) is 23.2 Å². The number of guanidine groups is 1. The Morgan fingerprint density at radius 3 is 2.84 bits per heavy atom. The second-order valence-corrected chi connectivity index (χ2v) is 7.45. The van der Waals surface area contributed by atoms with Gasteiger partial charge < -0.3 is 15.0 Å². The van der Waals surface area contributed by atoms with E-state index in [0.717, 1.165) is 57.3 Å². The molecule has 6 heteroatoms. The topological polar surface area (TPSA) is 36.9 Å². The predicted octanol–water partition coefficient (Wildman–Crippen LogP) is 3.66. The average molecular weight is 368 g/mol. The standard InChI is InChI=1S/C19H27ClFN3O/c1-22-19(24(2)9-6-13-7-10-25-11-8-13)23-17-12-14(17)18-15(20)4-3-5-16(18)21/h3-5,13-14,17H,6-12H2,1-2H3,(H,22,23). The molecule has 0 amide bonds. The number of hydrogen-bond acceptors (Lipinski definition) is 2. The van der Waals surface area contributed by atoms with Crippen LogP contribution in [0.5, 0.6) is 0 Å². The molecule has 1 aromatic rings. The van der Waals surface area contributed by atoms with Gasteiger partial charge in [-0.3, -0.25) is 4.99 Å². The van der Waals surface area contributed by atoms with E-state index in [9.17, 15) is 4.39 Å². The minimum Gasteiger partial charge on any atom is -0.381 e. The summed E-state index contributed by atoms with van der Waals surface area (Å²) >= 11 is 6.18. The van der Waals surface area contributed by atoms with Gasteiger partial charge in [0.25, 0.3) is 0 Å². The Bertz CT molecular complexity index is 598. The van der Waals surface area contributed by atoms with Crippen molar-refractivity contribution < 1.29 is 9.13 Å². The molecule has 3 rings (SSSR count). The Morgan fingerprint density at radius 2 is 2.16 bits per heavy atom. The number of nitrogens with zero attached hydrogens (tertiary/aromatic N) is 2. The summed E-state index contributed by atoms with van der Waals surface area (Å²) in [5.74, 6) is 1.51. The molecule has 25 heavy (non-hydrogen) atoms. The fourth-order valence-corrected chi connectivity index (χ4v) is 3.87. The molecule has 138 valence electrons. The molecule has 0 radical (unpaired) electrons. The molecule has 1 heterocycles. The van der Waals surface area contributed by atoms with Crippen molar-refractivity contribution in [3.05, 3.63) is 34.6 Å². The van der Waals surface area contributed by atoms with Crippen LogP contribution in [-0.2, 0) is 4.74 Å². The SMILES string of the molecule is CN=C(NC1CC1c1c(F)cccc1Cl)N(C)CCC1CCOCC1. The van der Waals surface area contributed by atoms with Crippen LogP contribution in [0.3, 0.4) is 0 Å². The first-order valence-corrected chi connectivity index (χ1v) is 9.44. The van der Waals surface area contributed by atoms with E-state index in [1.807, 2.05) is 0 Å².